The average Bonchev–Trinajstić information content (AvgIpc) is 3.20. The van der Waals surface area contributed by atoms with Crippen LogP contribution in [-0.2, 0) is 24.4 Å². The molecule has 0 fully saturated rings. The summed E-state index contributed by atoms with van der Waals surface area (Å²) in [5, 5.41) is 11.3. The smallest absolute Gasteiger partial charge is 0.331 e. The van der Waals surface area contributed by atoms with Crippen LogP contribution in [0.4, 0.5) is 0 Å². The summed E-state index contributed by atoms with van der Waals surface area (Å²) in [5.41, 5.74) is 2.86. The summed E-state index contributed by atoms with van der Waals surface area (Å²) in [6, 6.07) is 13.0. The molecule has 8 heteroatoms. The number of hydrogen-bond acceptors (Lipinski definition) is 5. The quantitative estimate of drug-likeness (QED) is 0.489. The van der Waals surface area contributed by atoms with Crippen LogP contribution in [0.3, 0.4) is 0 Å². The van der Waals surface area contributed by atoms with E-state index >= 15 is 0 Å². The molecule has 0 saturated carbocycles. The van der Waals surface area contributed by atoms with E-state index in [9.17, 15) is 14.7 Å². The van der Waals surface area contributed by atoms with Crippen molar-refractivity contribution < 1.29 is 14.6 Å². The number of nitrogens with zero attached hydrogens (tertiary/aromatic N) is 3. The average molecular weight is 476 g/mol. The van der Waals surface area contributed by atoms with Gasteiger partial charge in [0.05, 0.1) is 41.5 Å². The topological polar surface area (TPSA) is 87.6 Å². The second-order valence-corrected chi connectivity index (χ2v) is 9.79. The van der Waals surface area contributed by atoms with Crippen molar-refractivity contribution in [1.82, 2.24) is 13.7 Å². The predicted octanol–water partition coefficient (Wildman–Crippen LogP) is 3.58. The van der Waals surface area contributed by atoms with Crippen molar-refractivity contribution in [2.24, 2.45) is 14.1 Å². The number of aromatic nitrogens is 3. The van der Waals surface area contributed by atoms with Crippen LogP contribution in [0.5, 0.6) is 11.5 Å². The third kappa shape index (κ3) is 3.31. The Kier molecular flexibility index (Phi) is 5.18. The highest BCUT2D eigenvalue weighted by atomic mass is 16.5. The van der Waals surface area contributed by atoms with Gasteiger partial charge in [0.25, 0.3) is 5.56 Å². The highest BCUT2D eigenvalue weighted by molar-refractivity contribution is 5.97. The molecule has 0 saturated heterocycles. The Morgan fingerprint density at radius 3 is 2.37 bits per heavy atom. The maximum absolute atomic E-state index is 13.6. The molecule has 0 spiro atoms. The van der Waals surface area contributed by atoms with Crippen LogP contribution in [-0.4, -0.2) is 32.5 Å². The van der Waals surface area contributed by atoms with E-state index in [1.807, 2.05) is 57.2 Å². The van der Waals surface area contributed by atoms with Gasteiger partial charge in [-0.15, -0.1) is 0 Å². The van der Waals surface area contributed by atoms with Crippen molar-refractivity contribution in [3.63, 3.8) is 0 Å². The zero-order valence-electron chi connectivity index (χ0n) is 20.7. The van der Waals surface area contributed by atoms with E-state index in [1.54, 1.807) is 20.2 Å². The third-order valence-corrected chi connectivity index (χ3v) is 6.90. The van der Waals surface area contributed by atoms with E-state index in [1.165, 1.54) is 11.6 Å². The largest absolute Gasteiger partial charge is 0.508 e. The molecule has 1 aliphatic rings. The Morgan fingerprint density at radius 1 is 1.06 bits per heavy atom. The molecule has 5 rings (SSSR count). The fraction of sp³-hybridized carbons (Fsp3) is 0.333. The highest BCUT2D eigenvalue weighted by Crippen LogP contribution is 2.47. The van der Waals surface area contributed by atoms with Crippen LogP contribution in [0, 0.1) is 6.92 Å². The lowest BCUT2D eigenvalue weighted by atomic mass is 9.97. The second-order valence-electron chi connectivity index (χ2n) is 9.79. The summed E-state index contributed by atoms with van der Waals surface area (Å²) < 4.78 is 16.4. The minimum absolute atomic E-state index is 0.107. The van der Waals surface area contributed by atoms with Crippen molar-refractivity contribution in [1.29, 1.82) is 0 Å². The lowest BCUT2D eigenvalue weighted by Crippen LogP contribution is -2.40. The molecule has 4 aromatic rings. The van der Waals surface area contributed by atoms with Gasteiger partial charge in [0, 0.05) is 19.7 Å². The summed E-state index contributed by atoms with van der Waals surface area (Å²) in [6.45, 7) is 6.32. The zero-order valence-corrected chi connectivity index (χ0v) is 20.7. The Morgan fingerprint density at radius 2 is 1.74 bits per heavy atom. The Balaban J connectivity index is 1.98. The molecule has 0 bridgehead atoms. The van der Waals surface area contributed by atoms with Gasteiger partial charge in [-0.3, -0.25) is 13.9 Å². The van der Waals surface area contributed by atoms with Gasteiger partial charge in [0.1, 0.15) is 17.6 Å². The van der Waals surface area contributed by atoms with Gasteiger partial charge in [-0.05, 0) is 62.2 Å². The molecule has 8 nitrogen and oxygen atoms in total. The van der Waals surface area contributed by atoms with E-state index in [-0.39, 0.29) is 11.3 Å². The van der Waals surface area contributed by atoms with Crippen LogP contribution in [0.1, 0.15) is 36.8 Å². The first-order valence-corrected chi connectivity index (χ1v) is 11.5. The van der Waals surface area contributed by atoms with E-state index in [4.69, 9.17) is 9.47 Å². The minimum Gasteiger partial charge on any atom is -0.508 e. The van der Waals surface area contributed by atoms with E-state index in [0.717, 1.165) is 15.7 Å². The summed E-state index contributed by atoms with van der Waals surface area (Å²) in [5.74, 6) is 0.810. The van der Waals surface area contributed by atoms with Crippen molar-refractivity contribution >= 4 is 10.9 Å². The molecule has 182 valence electrons. The third-order valence-electron chi connectivity index (χ3n) is 6.90. The Labute approximate surface area is 202 Å². The molecule has 1 aliphatic heterocycles. The summed E-state index contributed by atoms with van der Waals surface area (Å²) in [7, 11) is 4.76. The molecule has 0 unspecified atom stereocenters. The minimum atomic E-state index is -0.671. The molecular weight excluding hydrogens is 446 g/mol. The van der Waals surface area contributed by atoms with Crippen molar-refractivity contribution in [2.75, 3.05) is 13.7 Å². The summed E-state index contributed by atoms with van der Waals surface area (Å²) >= 11 is 0. The second kappa shape index (κ2) is 7.88. The number of hydrogen-bond donors (Lipinski definition) is 1. The van der Waals surface area contributed by atoms with Crippen LogP contribution >= 0.6 is 0 Å². The van der Waals surface area contributed by atoms with Crippen molar-refractivity contribution in [3.8, 4) is 22.8 Å². The maximum atomic E-state index is 13.6. The molecule has 2 aromatic heterocycles. The van der Waals surface area contributed by atoms with E-state index in [2.05, 4.69) is 4.57 Å². The number of ether oxygens (including phenoxy) is 2. The first-order valence-electron chi connectivity index (χ1n) is 11.5. The van der Waals surface area contributed by atoms with Crippen LogP contribution in [0.15, 0.2) is 52.1 Å². The lowest BCUT2D eigenvalue weighted by Gasteiger charge is -2.39. The molecule has 1 N–H and O–H groups in total. The maximum Gasteiger partial charge on any atom is 0.331 e. The van der Waals surface area contributed by atoms with Gasteiger partial charge < -0.3 is 19.1 Å². The molecule has 0 radical (unpaired) electrons. The van der Waals surface area contributed by atoms with Gasteiger partial charge in [-0.1, -0.05) is 12.1 Å². The first kappa shape index (κ1) is 23.0. The number of aromatic hydroxyl groups is 1. The molecular formula is C27H29N3O5. The number of methoxy groups -OCH3 is 1. The lowest BCUT2D eigenvalue weighted by molar-refractivity contribution is -0.00799. The Hall–Kier alpha value is -3.78. The van der Waals surface area contributed by atoms with Crippen LogP contribution in [0.2, 0.25) is 0 Å². The fourth-order valence-electron chi connectivity index (χ4n) is 5.13. The van der Waals surface area contributed by atoms with Gasteiger partial charge in [-0.2, -0.15) is 0 Å². The summed E-state index contributed by atoms with van der Waals surface area (Å²) in [4.78, 5) is 26.7. The zero-order chi connectivity index (χ0) is 25.2. The van der Waals surface area contributed by atoms with Crippen LogP contribution < -0.4 is 16.0 Å². The van der Waals surface area contributed by atoms with Crippen molar-refractivity contribution in [2.45, 2.75) is 32.4 Å². The van der Waals surface area contributed by atoms with Gasteiger partial charge in [-0.25, -0.2) is 4.79 Å². The van der Waals surface area contributed by atoms with Crippen LogP contribution in [0.25, 0.3) is 22.2 Å². The highest BCUT2D eigenvalue weighted by Gasteiger charge is 2.41. The molecule has 35 heavy (non-hydrogen) atoms. The summed E-state index contributed by atoms with van der Waals surface area (Å²) in [6.07, 6.45) is -0.671. The predicted molar refractivity (Wildman–Crippen MR) is 134 cm³/mol. The first-order chi connectivity index (χ1) is 16.6. The SMILES string of the molecule is COc1ccc(-c2c3c(=O)n(C)c(=O)n(C)c3c3n2C(C)(C)CO[C@@H]3c2ccc(C)cc2O)cc1. The normalized spacial score (nSPS) is 16.9. The van der Waals surface area contributed by atoms with Gasteiger partial charge in [0.2, 0.25) is 0 Å². The molecule has 1 atom stereocenters. The molecule has 2 aromatic carbocycles. The van der Waals surface area contributed by atoms with E-state index < -0.39 is 17.3 Å². The Bertz CT molecular complexity index is 1590. The number of phenolic OH excluding ortho intramolecular Hbond substituents is 1. The van der Waals surface area contributed by atoms with Gasteiger partial charge >= 0.3 is 5.69 Å². The number of phenols is 1. The van der Waals surface area contributed by atoms with Crippen molar-refractivity contribution in [3.05, 3.63) is 80.1 Å². The molecule has 0 amide bonds. The number of fused-ring (bicyclic) bond motifs is 3. The number of rotatable bonds is 3. The number of benzene rings is 2. The standard InChI is InChI=1S/C27H29N3O5/c1-15-7-12-18(19(31)13-15)24-23-22-20(25(32)29(5)26(33)28(22)4)21(30(23)27(2,3)14-35-24)16-8-10-17(34-6)11-9-16/h7-13,24,31H,14H2,1-6H3/t24-/m1/s1. The fourth-order valence-corrected chi connectivity index (χ4v) is 5.13. The van der Waals surface area contributed by atoms with Gasteiger partial charge in [0.15, 0.2) is 0 Å². The van der Waals surface area contributed by atoms with E-state index in [0.29, 0.717) is 40.2 Å². The molecule has 3 heterocycles. The molecule has 0 aliphatic carbocycles. The monoisotopic (exact) mass is 475 g/mol. The number of aryl methyl sites for hydroxylation is 2.